The fourth-order valence-corrected chi connectivity index (χ4v) is 2.62. The van der Waals surface area contributed by atoms with E-state index < -0.39 is 11.8 Å². The van der Waals surface area contributed by atoms with Gasteiger partial charge in [0.2, 0.25) is 0 Å². The molecule has 0 atom stereocenters. The van der Waals surface area contributed by atoms with Crippen LogP contribution in [0.3, 0.4) is 0 Å². The zero-order valence-corrected chi connectivity index (χ0v) is 14.9. The second-order valence-corrected chi connectivity index (χ2v) is 6.18. The number of ketones is 1. The lowest BCUT2D eigenvalue weighted by molar-refractivity contribution is -0.136. The van der Waals surface area contributed by atoms with E-state index in [9.17, 15) is 14.4 Å². The van der Waals surface area contributed by atoms with E-state index in [0.717, 1.165) is 5.56 Å². The van der Waals surface area contributed by atoms with Crippen LogP contribution >= 0.6 is 23.2 Å². The molecule has 130 valence electrons. The van der Waals surface area contributed by atoms with Gasteiger partial charge in [-0.05, 0) is 43.2 Å². The standard InChI is InChI=1S/C18H16Cl2N2O3/c1-11(23)13-3-2-4-15(9-13)22-18(25)17(24)21-8-7-12-5-6-14(19)10-16(12)20/h2-6,9-10H,7-8H2,1H3,(H,21,24)(H,22,25). The molecule has 0 spiro atoms. The molecule has 0 fully saturated rings. The van der Waals surface area contributed by atoms with Gasteiger partial charge < -0.3 is 10.6 Å². The first-order valence-electron chi connectivity index (χ1n) is 7.51. The molecule has 0 aromatic heterocycles. The zero-order valence-electron chi connectivity index (χ0n) is 13.4. The first-order valence-corrected chi connectivity index (χ1v) is 8.26. The number of nitrogens with one attached hydrogen (secondary N) is 2. The Labute approximate surface area is 155 Å². The lowest BCUT2D eigenvalue weighted by Crippen LogP contribution is -2.36. The van der Waals surface area contributed by atoms with Crippen LogP contribution in [-0.2, 0) is 16.0 Å². The van der Waals surface area contributed by atoms with Crippen molar-refractivity contribution in [2.24, 2.45) is 0 Å². The van der Waals surface area contributed by atoms with Crippen LogP contribution in [0.2, 0.25) is 10.0 Å². The van der Waals surface area contributed by atoms with Crippen LogP contribution in [-0.4, -0.2) is 24.1 Å². The molecule has 0 saturated heterocycles. The predicted molar refractivity (Wildman–Crippen MR) is 98.3 cm³/mol. The van der Waals surface area contributed by atoms with Gasteiger partial charge in [0.15, 0.2) is 5.78 Å². The van der Waals surface area contributed by atoms with E-state index in [1.54, 1.807) is 36.4 Å². The van der Waals surface area contributed by atoms with Crippen molar-refractivity contribution in [3.63, 3.8) is 0 Å². The van der Waals surface area contributed by atoms with Gasteiger partial charge in [-0.15, -0.1) is 0 Å². The average molecular weight is 379 g/mol. The molecule has 2 rings (SSSR count). The van der Waals surface area contributed by atoms with Crippen LogP contribution in [0, 0.1) is 0 Å². The van der Waals surface area contributed by atoms with Gasteiger partial charge in [-0.25, -0.2) is 0 Å². The number of benzene rings is 2. The highest BCUT2D eigenvalue weighted by Gasteiger charge is 2.14. The predicted octanol–water partition coefficient (Wildman–Crippen LogP) is 3.49. The number of amides is 2. The molecule has 0 unspecified atom stereocenters. The highest BCUT2D eigenvalue weighted by atomic mass is 35.5. The van der Waals surface area contributed by atoms with E-state index in [1.165, 1.54) is 13.0 Å². The maximum Gasteiger partial charge on any atom is 0.313 e. The molecule has 0 aliphatic carbocycles. The molecule has 2 aromatic rings. The number of rotatable bonds is 5. The second-order valence-electron chi connectivity index (χ2n) is 5.33. The third-order valence-corrected chi connectivity index (χ3v) is 4.02. The Morgan fingerprint density at radius 2 is 1.76 bits per heavy atom. The SMILES string of the molecule is CC(=O)c1cccc(NC(=O)C(=O)NCCc2ccc(Cl)cc2Cl)c1. The Hall–Kier alpha value is -2.37. The maximum absolute atomic E-state index is 11.9. The van der Waals surface area contributed by atoms with Gasteiger partial charge in [-0.3, -0.25) is 14.4 Å². The second kappa shape index (κ2) is 8.65. The Kier molecular flexibility index (Phi) is 6.56. The van der Waals surface area contributed by atoms with Crippen molar-refractivity contribution >= 4 is 46.5 Å². The van der Waals surface area contributed by atoms with Crippen LogP contribution in [0.4, 0.5) is 5.69 Å². The smallest absolute Gasteiger partial charge is 0.313 e. The first kappa shape index (κ1) is 19.0. The van der Waals surface area contributed by atoms with E-state index >= 15 is 0 Å². The van der Waals surface area contributed by atoms with Crippen molar-refractivity contribution in [1.29, 1.82) is 0 Å². The van der Waals surface area contributed by atoms with Crippen molar-refractivity contribution in [2.45, 2.75) is 13.3 Å². The van der Waals surface area contributed by atoms with E-state index in [1.807, 2.05) is 0 Å². The number of Topliss-reactive ketones (excluding diaryl/α,β-unsaturated/α-hetero) is 1. The normalized spacial score (nSPS) is 10.2. The van der Waals surface area contributed by atoms with Gasteiger partial charge in [-0.2, -0.15) is 0 Å². The Balaban J connectivity index is 1.87. The third kappa shape index (κ3) is 5.59. The quantitative estimate of drug-likeness (QED) is 0.617. The molecule has 7 heteroatoms. The summed E-state index contributed by atoms with van der Waals surface area (Å²) in [7, 11) is 0. The van der Waals surface area contributed by atoms with Gasteiger partial charge in [0, 0.05) is 27.8 Å². The molecule has 2 aromatic carbocycles. The van der Waals surface area contributed by atoms with Gasteiger partial charge in [-0.1, -0.05) is 41.4 Å². The molecule has 2 amide bonds. The van der Waals surface area contributed by atoms with E-state index in [0.29, 0.717) is 27.7 Å². The highest BCUT2D eigenvalue weighted by molar-refractivity contribution is 6.39. The topological polar surface area (TPSA) is 75.3 Å². The Morgan fingerprint density at radius 1 is 1.00 bits per heavy atom. The number of carbonyl (C=O) groups is 3. The number of halogens is 2. The maximum atomic E-state index is 11.9. The lowest BCUT2D eigenvalue weighted by Gasteiger charge is -2.08. The summed E-state index contributed by atoms with van der Waals surface area (Å²) < 4.78 is 0. The molecule has 0 radical (unpaired) electrons. The van der Waals surface area contributed by atoms with Crippen LogP contribution in [0.25, 0.3) is 0 Å². The van der Waals surface area contributed by atoms with Crippen LogP contribution in [0.1, 0.15) is 22.8 Å². The Morgan fingerprint density at radius 3 is 2.44 bits per heavy atom. The molecule has 0 aliphatic heterocycles. The summed E-state index contributed by atoms with van der Waals surface area (Å²) in [5.74, 6) is -1.69. The molecule has 2 N–H and O–H groups in total. The molecule has 0 bridgehead atoms. The van der Waals surface area contributed by atoms with Gasteiger partial charge >= 0.3 is 11.8 Å². The van der Waals surface area contributed by atoms with Crippen LogP contribution in [0.15, 0.2) is 42.5 Å². The zero-order chi connectivity index (χ0) is 18.4. The van der Waals surface area contributed by atoms with E-state index in [2.05, 4.69) is 10.6 Å². The molecule has 5 nitrogen and oxygen atoms in total. The first-order chi connectivity index (χ1) is 11.9. The minimum absolute atomic E-state index is 0.125. The summed E-state index contributed by atoms with van der Waals surface area (Å²) in [6.45, 7) is 1.68. The van der Waals surface area contributed by atoms with Gasteiger partial charge in [0.05, 0.1) is 0 Å². The molecular formula is C18H16Cl2N2O3. The van der Waals surface area contributed by atoms with Crippen LogP contribution < -0.4 is 10.6 Å². The lowest BCUT2D eigenvalue weighted by atomic mass is 10.1. The summed E-state index contributed by atoms with van der Waals surface area (Å²) in [5, 5.41) is 6.02. The minimum atomic E-state index is -0.803. The van der Waals surface area contributed by atoms with E-state index in [-0.39, 0.29) is 12.3 Å². The summed E-state index contributed by atoms with van der Waals surface area (Å²) in [6, 6.07) is 11.5. The number of hydrogen-bond acceptors (Lipinski definition) is 3. The van der Waals surface area contributed by atoms with Crippen molar-refractivity contribution in [3.05, 3.63) is 63.6 Å². The largest absolute Gasteiger partial charge is 0.347 e. The monoisotopic (exact) mass is 378 g/mol. The summed E-state index contributed by atoms with van der Waals surface area (Å²) in [6.07, 6.45) is 0.467. The summed E-state index contributed by atoms with van der Waals surface area (Å²) >= 11 is 11.9. The van der Waals surface area contributed by atoms with Crippen molar-refractivity contribution < 1.29 is 14.4 Å². The molecule has 25 heavy (non-hydrogen) atoms. The molecular weight excluding hydrogens is 363 g/mol. The number of hydrogen-bond donors (Lipinski definition) is 2. The fourth-order valence-electron chi connectivity index (χ4n) is 2.12. The average Bonchev–Trinajstić information content (AvgIpc) is 2.56. The summed E-state index contributed by atoms with van der Waals surface area (Å²) in [5.41, 5.74) is 1.66. The van der Waals surface area contributed by atoms with Gasteiger partial charge in [0.1, 0.15) is 0 Å². The third-order valence-electron chi connectivity index (χ3n) is 3.43. The van der Waals surface area contributed by atoms with Gasteiger partial charge in [0.25, 0.3) is 0 Å². The molecule has 0 aliphatic rings. The number of anilines is 1. The molecule has 0 saturated carbocycles. The highest BCUT2D eigenvalue weighted by Crippen LogP contribution is 2.21. The van der Waals surface area contributed by atoms with Crippen molar-refractivity contribution in [2.75, 3.05) is 11.9 Å². The minimum Gasteiger partial charge on any atom is -0.347 e. The number of carbonyl (C=O) groups excluding carboxylic acids is 3. The fraction of sp³-hybridized carbons (Fsp3) is 0.167. The summed E-state index contributed by atoms with van der Waals surface area (Å²) in [4.78, 5) is 35.1. The Bertz CT molecular complexity index is 822. The van der Waals surface area contributed by atoms with E-state index in [4.69, 9.17) is 23.2 Å². The van der Waals surface area contributed by atoms with Crippen molar-refractivity contribution in [1.82, 2.24) is 5.32 Å². The van der Waals surface area contributed by atoms with Crippen molar-refractivity contribution in [3.8, 4) is 0 Å². The van der Waals surface area contributed by atoms with Crippen LogP contribution in [0.5, 0.6) is 0 Å². The molecule has 0 heterocycles.